The summed E-state index contributed by atoms with van der Waals surface area (Å²) in [6.45, 7) is 4.95. The van der Waals surface area contributed by atoms with Gasteiger partial charge in [0, 0.05) is 42.9 Å². The lowest BCUT2D eigenvalue weighted by atomic mass is 9.80. The van der Waals surface area contributed by atoms with Gasteiger partial charge in [-0.05, 0) is 37.6 Å². The highest BCUT2D eigenvalue weighted by Crippen LogP contribution is 2.54. The van der Waals surface area contributed by atoms with Crippen molar-refractivity contribution in [1.29, 1.82) is 0 Å². The van der Waals surface area contributed by atoms with Crippen LogP contribution in [0.3, 0.4) is 0 Å². The van der Waals surface area contributed by atoms with Crippen molar-refractivity contribution in [2.24, 2.45) is 5.92 Å². The minimum absolute atomic E-state index is 0.119. The molecule has 0 aliphatic carbocycles. The number of alkyl halides is 1. The number of carbonyl (C=O) groups is 1. The quantitative estimate of drug-likeness (QED) is 0.425. The van der Waals surface area contributed by atoms with Crippen molar-refractivity contribution in [3.8, 4) is 0 Å². The van der Waals surface area contributed by atoms with E-state index in [0.717, 1.165) is 63.0 Å². The maximum absolute atomic E-state index is 13.8. The number of para-hydroxylation sites is 1. The summed E-state index contributed by atoms with van der Waals surface area (Å²) >= 11 is 5.50. The van der Waals surface area contributed by atoms with Gasteiger partial charge in [0.25, 0.3) is 0 Å². The van der Waals surface area contributed by atoms with Crippen LogP contribution in [0.15, 0.2) is 59.5 Å². The van der Waals surface area contributed by atoms with Crippen molar-refractivity contribution in [3.05, 3.63) is 60.2 Å². The number of likely N-dealkylation sites (N-methyl/N-ethyl adjacent to an activating group) is 1. The van der Waals surface area contributed by atoms with E-state index in [1.54, 1.807) is 0 Å². The molecule has 2 unspecified atom stereocenters. The summed E-state index contributed by atoms with van der Waals surface area (Å²) in [4.78, 5) is 19.8. The third-order valence-electron chi connectivity index (χ3n) is 6.55. The van der Waals surface area contributed by atoms with Crippen molar-refractivity contribution in [1.82, 2.24) is 9.80 Å². The molecule has 2 aliphatic heterocycles. The van der Waals surface area contributed by atoms with E-state index < -0.39 is 0 Å². The second-order valence-corrected chi connectivity index (χ2v) is 10.8. The minimum Gasteiger partial charge on any atom is -0.325 e. The number of unbranched alkanes of at least 4 members (excludes halogenated alkanes) is 1. The van der Waals surface area contributed by atoms with Crippen molar-refractivity contribution < 1.29 is 4.79 Å². The standard InChI is InChI=1S/C25H32BrN3OS/c1-28-15-17-29(18-16-28)19-21-24(30)27-22-11-5-6-12-23(22)31-25(21,13-7-8-14-26)20-9-3-2-4-10-20/h2-6,9-12,21H,7-8,13-19H2,1H3,(H,27,30). The van der Waals surface area contributed by atoms with E-state index in [9.17, 15) is 4.79 Å². The lowest BCUT2D eigenvalue weighted by Crippen LogP contribution is -2.51. The number of amides is 1. The van der Waals surface area contributed by atoms with Crippen molar-refractivity contribution in [2.75, 3.05) is 50.4 Å². The van der Waals surface area contributed by atoms with Gasteiger partial charge >= 0.3 is 0 Å². The third kappa shape index (κ3) is 5.19. The number of carbonyl (C=O) groups excluding carboxylic acids is 1. The summed E-state index contributed by atoms with van der Waals surface area (Å²) in [6.07, 6.45) is 3.18. The first-order valence-electron chi connectivity index (χ1n) is 11.2. The molecular weight excluding hydrogens is 470 g/mol. The first-order valence-corrected chi connectivity index (χ1v) is 13.2. The number of nitrogens with zero attached hydrogens (tertiary/aromatic N) is 2. The number of fused-ring (bicyclic) bond motifs is 1. The van der Waals surface area contributed by atoms with Crippen LogP contribution in [0.25, 0.3) is 0 Å². The van der Waals surface area contributed by atoms with E-state index in [2.05, 4.69) is 80.6 Å². The molecule has 0 bridgehead atoms. The van der Waals surface area contributed by atoms with Crippen LogP contribution in [0.4, 0.5) is 5.69 Å². The zero-order chi connectivity index (χ0) is 21.7. The molecule has 0 aromatic heterocycles. The first kappa shape index (κ1) is 22.8. The lowest BCUT2D eigenvalue weighted by molar-refractivity contribution is -0.122. The molecule has 1 saturated heterocycles. The average molecular weight is 503 g/mol. The Bertz CT molecular complexity index is 872. The van der Waals surface area contributed by atoms with Gasteiger partial charge in [-0.3, -0.25) is 9.69 Å². The third-order valence-corrected chi connectivity index (χ3v) is 8.77. The Balaban J connectivity index is 1.76. The normalized spacial score (nSPS) is 25.0. The summed E-state index contributed by atoms with van der Waals surface area (Å²) in [5, 5.41) is 4.27. The topological polar surface area (TPSA) is 35.6 Å². The summed E-state index contributed by atoms with van der Waals surface area (Å²) in [5.41, 5.74) is 2.21. The predicted molar refractivity (Wildman–Crippen MR) is 134 cm³/mol. The van der Waals surface area contributed by atoms with Crippen LogP contribution < -0.4 is 5.32 Å². The molecular formula is C25H32BrN3OS. The molecule has 166 valence electrons. The van der Waals surface area contributed by atoms with E-state index in [4.69, 9.17) is 0 Å². The van der Waals surface area contributed by atoms with Gasteiger partial charge in [-0.2, -0.15) is 0 Å². The van der Waals surface area contributed by atoms with Crippen LogP contribution in [0.5, 0.6) is 0 Å². The Morgan fingerprint density at radius 2 is 1.74 bits per heavy atom. The number of nitrogens with one attached hydrogen (secondary N) is 1. The monoisotopic (exact) mass is 501 g/mol. The van der Waals surface area contributed by atoms with Crippen molar-refractivity contribution in [2.45, 2.75) is 28.9 Å². The van der Waals surface area contributed by atoms with Crippen LogP contribution >= 0.6 is 27.7 Å². The van der Waals surface area contributed by atoms with E-state index in [1.165, 1.54) is 10.5 Å². The van der Waals surface area contributed by atoms with Crippen molar-refractivity contribution >= 4 is 39.3 Å². The molecule has 2 aliphatic rings. The molecule has 2 heterocycles. The van der Waals surface area contributed by atoms with E-state index >= 15 is 0 Å². The minimum atomic E-state index is -0.288. The Kier molecular flexibility index (Phi) is 7.75. The van der Waals surface area contributed by atoms with Crippen LogP contribution in [0.1, 0.15) is 24.8 Å². The number of anilines is 1. The van der Waals surface area contributed by atoms with Gasteiger partial charge < -0.3 is 10.2 Å². The molecule has 1 fully saturated rings. The van der Waals surface area contributed by atoms with E-state index in [0.29, 0.717) is 0 Å². The molecule has 2 aromatic rings. The highest BCUT2D eigenvalue weighted by molar-refractivity contribution is 9.09. The average Bonchev–Trinajstić information content (AvgIpc) is 2.91. The zero-order valence-electron chi connectivity index (χ0n) is 18.2. The van der Waals surface area contributed by atoms with E-state index in [-0.39, 0.29) is 16.6 Å². The number of piperazine rings is 1. The second kappa shape index (κ2) is 10.5. The van der Waals surface area contributed by atoms with Gasteiger partial charge in [0.2, 0.25) is 5.91 Å². The molecule has 6 heteroatoms. The molecule has 0 saturated carbocycles. The number of rotatable bonds is 7. The molecule has 2 aromatic carbocycles. The van der Waals surface area contributed by atoms with Gasteiger partial charge in [-0.1, -0.05) is 64.8 Å². The zero-order valence-corrected chi connectivity index (χ0v) is 20.6. The van der Waals surface area contributed by atoms with Gasteiger partial charge in [0.05, 0.1) is 16.4 Å². The highest BCUT2D eigenvalue weighted by Gasteiger charge is 2.47. The lowest BCUT2D eigenvalue weighted by Gasteiger charge is -2.42. The number of hydrogen-bond acceptors (Lipinski definition) is 4. The molecule has 4 nitrogen and oxygen atoms in total. The molecule has 1 amide bonds. The predicted octanol–water partition coefficient (Wildman–Crippen LogP) is 5.06. The first-order chi connectivity index (χ1) is 15.1. The summed E-state index contributed by atoms with van der Waals surface area (Å²) in [7, 11) is 2.18. The number of benzene rings is 2. The fourth-order valence-corrected chi connectivity index (χ4v) is 6.70. The Labute approximate surface area is 198 Å². The fraction of sp³-hybridized carbons (Fsp3) is 0.480. The van der Waals surface area contributed by atoms with Crippen LogP contribution in [0, 0.1) is 5.92 Å². The van der Waals surface area contributed by atoms with Gasteiger partial charge in [0.15, 0.2) is 0 Å². The summed E-state index contributed by atoms with van der Waals surface area (Å²) in [5.74, 6) is 0.0325. The van der Waals surface area contributed by atoms with Crippen molar-refractivity contribution in [3.63, 3.8) is 0 Å². The second-order valence-electron chi connectivity index (χ2n) is 8.65. The summed E-state index contributed by atoms with van der Waals surface area (Å²) < 4.78 is -0.288. The smallest absolute Gasteiger partial charge is 0.230 e. The van der Waals surface area contributed by atoms with E-state index in [1.807, 2.05) is 23.9 Å². The molecule has 0 spiro atoms. The molecule has 31 heavy (non-hydrogen) atoms. The highest BCUT2D eigenvalue weighted by atomic mass is 79.9. The number of halogens is 1. The van der Waals surface area contributed by atoms with Crippen LogP contribution in [-0.2, 0) is 9.54 Å². The van der Waals surface area contributed by atoms with Gasteiger partial charge in [-0.25, -0.2) is 0 Å². The Morgan fingerprint density at radius 1 is 1.03 bits per heavy atom. The maximum Gasteiger partial charge on any atom is 0.230 e. The SMILES string of the molecule is CN1CCN(CC2C(=O)Nc3ccccc3SC2(CCCCBr)c2ccccc2)CC1. The summed E-state index contributed by atoms with van der Waals surface area (Å²) in [6, 6.07) is 19.0. The Morgan fingerprint density at radius 3 is 2.48 bits per heavy atom. The Hall–Kier alpha value is -1.34. The van der Waals surface area contributed by atoms with Gasteiger partial charge in [0.1, 0.15) is 0 Å². The molecule has 0 radical (unpaired) electrons. The number of hydrogen-bond donors (Lipinski definition) is 1. The van der Waals surface area contributed by atoms with Crippen LogP contribution in [0.2, 0.25) is 0 Å². The van der Waals surface area contributed by atoms with Gasteiger partial charge in [-0.15, -0.1) is 11.8 Å². The fourth-order valence-electron chi connectivity index (χ4n) is 4.71. The van der Waals surface area contributed by atoms with Crippen LogP contribution in [-0.4, -0.2) is 60.8 Å². The number of thioether (sulfide) groups is 1. The molecule has 2 atom stereocenters. The molecule has 1 N–H and O–H groups in total. The molecule has 4 rings (SSSR count). The maximum atomic E-state index is 13.8. The largest absolute Gasteiger partial charge is 0.325 e.